The number of benzene rings is 1. The van der Waals surface area contributed by atoms with Gasteiger partial charge in [-0.05, 0) is 18.2 Å². The summed E-state index contributed by atoms with van der Waals surface area (Å²) in [5.74, 6) is -1.41. The molecule has 0 fully saturated rings. The maximum Gasteiger partial charge on any atom is 0.294 e. The van der Waals surface area contributed by atoms with Crippen LogP contribution in [0, 0.1) is 10.1 Å². The zero-order valence-electron chi connectivity index (χ0n) is 17.7. The number of aromatic nitrogens is 1. The first-order valence-corrected chi connectivity index (χ1v) is 10.0. The number of para-hydroxylation sites is 1. The molecule has 2 aromatic heterocycles. The third-order valence-corrected chi connectivity index (χ3v) is 5.70. The Kier molecular flexibility index (Phi) is 6.07. The summed E-state index contributed by atoms with van der Waals surface area (Å²) in [6.45, 7) is 0. The minimum Gasteiger partial charge on any atom is -0.494 e. The first-order valence-electron chi connectivity index (χ1n) is 9.67. The fraction of sp³-hybridized carbons (Fsp3) is 0.182. The minimum absolute atomic E-state index is 0.0399. The van der Waals surface area contributed by atoms with Gasteiger partial charge in [0.2, 0.25) is 0 Å². The van der Waals surface area contributed by atoms with E-state index in [-0.39, 0.29) is 45.6 Å². The number of allylic oxidation sites excluding steroid dienone is 1. The molecule has 0 saturated carbocycles. The number of ether oxygens (including phenoxy) is 2. The highest BCUT2D eigenvalue weighted by Crippen LogP contribution is 2.45. The number of rotatable bonds is 7. The smallest absolute Gasteiger partial charge is 0.294 e. The molecule has 3 aromatic rings. The molecular formula is C22H16ClF2N3O6. The highest BCUT2D eigenvalue weighted by atomic mass is 35.5. The van der Waals surface area contributed by atoms with Gasteiger partial charge < -0.3 is 19.2 Å². The molecule has 2 unspecified atom stereocenters. The van der Waals surface area contributed by atoms with Gasteiger partial charge in [-0.2, -0.15) is 0 Å². The van der Waals surface area contributed by atoms with Crippen molar-refractivity contribution in [3.63, 3.8) is 0 Å². The van der Waals surface area contributed by atoms with Crippen LogP contribution in [-0.4, -0.2) is 36.6 Å². The number of carbonyl (C=O) groups is 1. The molecule has 12 heteroatoms. The molecule has 4 rings (SSSR count). The summed E-state index contributed by atoms with van der Waals surface area (Å²) in [7, 11) is 2.35. The van der Waals surface area contributed by atoms with Crippen LogP contribution < -0.4 is 5.32 Å². The third kappa shape index (κ3) is 3.68. The van der Waals surface area contributed by atoms with E-state index in [2.05, 4.69) is 10.3 Å². The van der Waals surface area contributed by atoms with Crippen LogP contribution in [0.4, 0.5) is 26.0 Å². The number of methoxy groups -OCH3 is 2. The lowest BCUT2D eigenvalue weighted by Crippen LogP contribution is -2.41. The van der Waals surface area contributed by atoms with E-state index < -0.39 is 28.1 Å². The third-order valence-electron chi connectivity index (χ3n) is 5.38. The lowest BCUT2D eigenvalue weighted by atomic mass is 9.84. The van der Waals surface area contributed by atoms with Gasteiger partial charge in [-0.15, -0.1) is 0 Å². The second-order valence-corrected chi connectivity index (χ2v) is 7.60. The van der Waals surface area contributed by atoms with Crippen molar-refractivity contribution >= 4 is 46.0 Å². The normalized spacial score (nSPS) is 20.3. The second kappa shape index (κ2) is 8.84. The SMILES string of the molecule is COC1=CC(OC)(c2cc3cc(Nc4c(Cl)cccc4[N+](=O)[O-])ncc3o2)C(F)C(C=O)=C1F. The molecule has 1 N–H and O–H groups in total. The van der Waals surface area contributed by atoms with Crippen LogP contribution in [0.5, 0.6) is 0 Å². The van der Waals surface area contributed by atoms with Crippen molar-refractivity contribution in [3.8, 4) is 0 Å². The van der Waals surface area contributed by atoms with Crippen LogP contribution in [0.15, 0.2) is 64.2 Å². The average Bonchev–Trinajstić information content (AvgIpc) is 3.25. The number of carbonyl (C=O) groups excluding carboxylic acids is 1. The second-order valence-electron chi connectivity index (χ2n) is 7.19. The molecule has 1 aromatic carbocycles. The van der Waals surface area contributed by atoms with Gasteiger partial charge in [0, 0.05) is 24.6 Å². The topological polar surface area (TPSA) is 117 Å². The predicted molar refractivity (Wildman–Crippen MR) is 118 cm³/mol. The lowest BCUT2D eigenvalue weighted by molar-refractivity contribution is -0.383. The van der Waals surface area contributed by atoms with Crippen LogP contribution in [-0.2, 0) is 19.9 Å². The van der Waals surface area contributed by atoms with Crippen molar-refractivity contribution in [2.75, 3.05) is 19.5 Å². The quantitative estimate of drug-likeness (QED) is 0.269. The number of nitrogens with one attached hydrogen (secondary N) is 1. The van der Waals surface area contributed by atoms with Crippen molar-refractivity contribution in [1.82, 2.24) is 4.98 Å². The Morgan fingerprint density at radius 2 is 2.12 bits per heavy atom. The van der Waals surface area contributed by atoms with E-state index >= 15 is 4.39 Å². The molecule has 0 bridgehead atoms. The summed E-state index contributed by atoms with van der Waals surface area (Å²) in [5, 5.41) is 14.7. The number of nitrogens with zero attached hydrogens (tertiary/aromatic N) is 2. The van der Waals surface area contributed by atoms with Crippen LogP contribution in [0.2, 0.25) is 5.02 Å². The number of fused-ring (bicyclic) bond motifs is 1. The fourth-order valence-corrected chi connectivity index (χ4v) is 3.87. The van der Waals surface area contributed by atoms with Crippen molar-refractivity contribution < 1.29 is 32.4 Å². The summed E-state index contributed by atoms with van der Waals surface area (Å²) in [6.07, 6.45) is 0.187. The Balaban J connectivity index is 1.78. The van der Waals surface area contributed by atoms with Gasteiger partial charge in [0.05, 0.1) is 28.8 Å². The zero-order valence-corrected chi connectivity index (χ0v) is 18.4. The van der Waals surface area contributed by atoms with E-state index in [1.807, 2.05) is 0 Å². The van der Waals surface area contributed by atoms with Gasteiger partial charge in [-0.1, -0.05) is 17.7 Å². The number of anilines is 2. The number of halogens is 3. The van der Waals surface area contributed by atoms with E-state index in [0.717, 1.165) is 6.08 Å². The van der Waals surface area contributed by atoms with Crippen LogP contribution in [0.1, 0.15) is 5.76 Å². The molecule has 176 valence electrons. The zero-order chi connectivity index (χ0) is 24.6. The molecule has 0 saturated heterocycles. The van der Waals surface area contributed by atoms with Crippen molar-refractivity contribution in [2.45, 2.75) is 11.8 Å². The molecule has 0 spiro atoms. The summed E-state index contributed by atoms with van der Waals surface area (Å²) < 4.78 is 45.8. The van der Waals surface area contributed by atoms with Gasteiger partial charge in [0.25, 0.3) is 5.69 Å². The van der Waals surface area contributed by atoms with E-state index in [9.17, 15) is 19.3 Å². The van der Waals surface area contributed by atoms with E-state index in [1.54, 1.807) is 0 Å². The number of aldehydes is 1. The van der Waals surface area contributed by atoms with Gasteiger partial charge in [0.15, 0.2) is 35.2 Å². The number of hydrogen-bond donors (Lipinski definition) is 1. The van der Waals surface area contributed by atoms with Crippen molar-refractivity contribution in [2.24, 2.45) is 0 Å². The number of nitro benzene ring substituents is 1. The maximum absolute atomic E-state index is 15.4. The monoisotopic (exact) mass is 491 g/mol. The lowest BCUT2D eigenvalue weighted by Gasteiger charge is -2.34. The molecule has 0 radical (unpaired) electrons. The first-order chi connectivity index (χ1) is 16.2. The molecule has 2 atom stereocenters. The molecule has 0 amide bonds. The summed E-state index contributed by atoms with van der Waals surface area (Å²) in [6, 6.07) is 7.13. The molecule has 9 nitrogen and oxygen atoms in total. The van der Waals surface area contributed by atoms with Crippen molar-refractivity contribution in [1.29, 1.82) is 0 Å². The standard InChI is InChI=1S/C22H16ClF2N3O6/c1-32-15-8-22(33-2,21(25)12(10-29)19(15)24)17-6-11-7-18(26-9-16(11)34-17)27-20-13(23)4-3-5-14(20)28(30)31/h3-10,21H,1-2H3,(H,26,27). The number of nitro groups is 1. The van der Waals surface area contributed by atoms with Crippen LogP contribution in [0.25, 0.3) is 11.0 Å². The van der Waals surface area contributed by atoms with Gasteiger partial charge in [0.1, 0.15) is 17.3 Å². The Morgan fingerprint density at radius 1 is 1.35 bits per heavy atom. The molecule has 2 heterocycles. The number of alkyl halides is 1. The van der Waals surface area contributed by atoms with Crippen molar-refractivity contribution in [3.05, 3.63) is 80.7 Å². The Labute approximate surface area is 195 Å². The largest absolute Gasteiger partial charge is 0.494 e. The molecule has 34 heavy (non-hydrogen) atoms. The highest BCUT2D eigenvalue weighted by molar-refractivity contribution is 6.33. The number of furan rings is 1. The molecule has 0 aliphatic heterocycles. The Hall–Kier alpha value is -3.83. The fourth-order valence-electron chi connectivity index (χ4n) is 3.66. The van der Waals surface area contributed by atoms with Crippen LogP contribution in [0.3, 0.4) is 0 Å². The Morgan fingerprint density at radius 3 is 2.76 bits per heavy atom. The van der Waals surface area contributed by atoms with E-state index in [4.69, 9.17) is 25.5 Å². The summed E-state index contributed by atoms with van der Waals surface area (Å²) >= 11 is 6.11. The summed E-state index contributed by atoms with van der Waals surface area (Å²) in [5.41, 5.74) is -2.78. The number of hydrogen-bond acceptors (Lipinski definition) is 8. The van der Waals surface area contributed by atoms with Gasteiger partial charge >= 0.3 is 0 Å². The van der Waals surface area contributed by atoms with Gasteiger partial charge in [-0.25, -0.2) is 13.8 Å². The average molecular weight is 492 g/mol. The van der Waals surface area contributed by atoms with E-state index in [0.29, 0.717) is 5.39 Å². The van der Waals surface area contributed by atoms with E-state index in [1.165, 1.54) is 50.7 Å². The maximum atomic E-state index is 15.4. The molecular weight excluding hydrogens is 476 g/mol. The molecule has 1 aliphatic rings. The molecule has 1 aliphatic carbocycles. The number of pyridine rings is 1. The summed E-state index contributed by atoms with van der Waals surface area (Å²) in [4.78, 5) is 26.3. The van der Waals surface area contributed by atoms with Gasteiger partial charge in [-0.3, -0.25) is 14.9 Å². The Bertz CT molecular complexity index is 1370. The van der Waals surface area contributed by atoms with Crippen LogP contribution >= 0.6 is 11.6 Å². The minimum atomic E-state index is -2.23. The highest BCUT2D eigenvalue weighted by Gasteiger charge is 2.50. The first kappa shape index (κ1) is 23.3. The predicted octanol–water partition coefficient (Wildman–Crippen LogP) is 5.28.